The molecule has 1 heterocycles. The Bertz CT molecular complexity index is 65.7. The molecule has 0 aromatic carbocycles. The largest absolute Gasteiger partial charge is 0.344 e. The number of rotatable bonds is 0. The van der Waals surface area contributed by atoms with Crippen molar-refractivity contribution in [3.63, 3.8) is 0 Å². The molecule has 0 spiro atoms. The van der Waals surface area contributed by atoms with Gasteiger partial charge in [-0.25, -0.2) is 0 Å². The van der Waals surface area contributed by atoms with Gasteiger partial charge in [-0.3, -0.25) is 0 Å². The van der Waals surface area contributed by atoms with E-state index in [1.165, 1.54) is 6.92 Å². The summed E-state index contributed by atoms with van der Waals surface area (Å²) < 4.78 is 9.35. The molecule has 53 valence electrons. The number of hydrogen-bond donors (Lipinski definition) is 1. The van der Waals surface area contributed by atoms with Gasteiger partial charge in [0, 0.05) is 29.3 Å². The van der Waals surface area contributed by atoms with Crippen molar-refractivity contribution in [2.45, 2.75) is 12.9 Å². The molecule has 1 saturated heterocycles. The molecule has 1 rings (SSSR count). The summed E-state index contributed by atoms with van der Waals surface area (Å²) in [6, 6.07) is 0. The zero-order chi connectivity index (χ0) is 5.33. The van der Waals surface area contributed by atoms with E-state index in [0.29, 0.717) is 13.2 Å². The molecule has 8 heavy (non-hydrogen) atoms. The third kappa shape index (κ3) is 2.26. The van der Waals surface area contributed by atoms with E-state index in [-0.39, 0.29) is 22.4 Å². The molecule has 1 aliphatic rings. The maximum absolute atomic E-state index is 8.75. The summed E-state index contributed by atoms with van der Waals surface area (Å²) in [6.07, 6.45) is 0. The predicted molar refractivity (Wildman–Crippen MR) is 22.5 cm³/mol. The van der Waals surface area contributed by atoms with Crippen molar-refractivity contribution in [1.29, 1.82) is 0 Å². The van der Waals surface area contributed by atoms with Gasteiger partial charge in [0.1, 0.15) is 0 Å². The first-order valence-corrected chi connectivity index (χ1v) is 2.21. The molecule has 1 radical (unpaired) electrons. The van der Waals surface area contributed by atoms with Gasteiger partial charge in [-0.15, -0.1) is 0 Å². The predicted octanol–water partition coefficient (Wildman–Crippen LogP) is -0.303. The quantitative estimate of drug-likeness (QED) is 0.560. The van der Waals surface area contributed by atoms with Crippen LogP contribution in [0.1, 0.15) is 6.92 Å². The van der Waals surface area contributed by atoms with Gasteiger partial charge in [-0.1, -0.05) is 0 Å². The fraction of sp³-hybridized carbons (Fsp3) is 1.00. The summed E-state index contributed by atoms with van der Waals surface area (Å²) in [4.78, 5) is 0. The Morgan fingerprint density at radius 3 is 1.88 bits per heavy atom. The molecule has 0 aliphatic carbocycles. The van der Waals surface area contributed by atoms with Gasteiger partial charge in [-0.2, -0.15) is 0 Å². The Morgan fingerprint density at radius 1 is 1.38 bits per heavy atom. The van der Waals surface area contributed by atoms with Gasteiger partial charge >= 0.3 is 0 Å². The smallest absolute Gasteiger partial charge is 0.277 e. The summed E-state index contributed by atoms with van der Waals surface area (Å²) >= 11 is 0. The molecule has 0 unspecified atom stereocenters. The van der Waals surface area contributed by atoms with Crippen molar-refractivity contribution in [2.24, 2.45) is 0 Å². The minimum Gasteiger partial charge on any atom is -0.344 e. The van der Waals surface area contributed by atoms with Crippen molar-refractivity contribution < 1.29 is 37.0 Å². The second-order valence-corrected chi connectivity index (χ2v) is 1.59. The van der Waals surface area contributed by atoms with Crippen LogP contribution in [0.15, 0.2) is 0 Å². The van der Waals surface area contributed by atoms with E-state index < -0.39 is 5.97 Å². The maximum Gasteiger partial charge on any atom is 0.277 e. The van der Waals surface area contributed by atoms with Gasteiger partial charge in [0.25, 0.3) is 5.97 Å². The zero-order valence-corrected chi connectivity index (χ0v) is 5.96. The number of ether oxygens (including phenoxy) is 2. The van der Waals surface area contributed by atoms with Gasteiger partial charge in [0.2, 0.25) is 0 Å². The Labute approximate surface area is 63.5 Å². The molecule has 4 heteroatoms. The molecule has 1 fully saturated rings. The summed E-state index contributed by atoms with van der Waals surface area (Å²) in [5, 5.41) is 8.75. The van der Waals surface area contributed by atoms with E-state index in [9.17, 15) is 0 Å². The second kappa shape index (κ2) is 2.96. The van der Waals surface area contributed by atoms with Gasteiger partial charge in [0.15, 0.2) is 0 Å². The number of hydrogen-bond acceptors (Lipinski definition) is 3. The van der Waals surface area contributed by atoms with Gasteiger partial charge in [0.05, 0.1) is 13.2 Å². The van der Waals surface area contributed by atoms with Crippen LogP contribution in [0, 0.1) is 0 Å². The molecule has 0 bridgehead atoms. The average molecular weight is 212 g/mol. The van der Waals surface area contributed by atoms with Crippen LogP contribution in [0.25, 0.3) is 0 Å². The first-order chi connectivity index (χ1) is 3.21. The minimum absolute atomic E-state index is 0. The van der Waals surface area contributed by atoms with E-state index in [4.69, 9.17) is 5.11 Å². The summed E-state index contributed by atoms with van der Waals surface area (Å²) in [5.74, 6) is -1.31. The molecular formula is C4H8AgO3. The van der Waals surface area contributed by atoms with E-state index in [1.54, 1.807) is 0 Å². The summed E-state index contributed by atoms with van der Waals surface area (Å²) in [7, 11) is 0. The van der Waals surface area contributed by atoms with Crippen molar-refractivity contribution >= 4 is 0 Å². The fourth-order valence-electron chi connectivity index (χ4n) is 0.504. The Kier molecular flexibility index (Phi) is 3.19. The summed E-state index contributed by atoms with van der Waals surface area (Å²) in [5.41, 5.74) is 0. The third-order valence-corrected chi connectivity index (χ3v) is 0.823. The third-order valence-electron chi connectivity index (χ3n) is 0.823. The van der Waals surface area contributed by atoms with E-state index in [1.807, 2.05) is 0 Å². The zero-order valence-electron chi connectivity index (χ0n) is 4.48. The molecule has 1 N–H and O–H groups in total. The fourth-order valence-corrected chi connectivity index (χ4v) is 0.504. The maximum atomic E-state index is 8.75. The Morgan fingerprint density at radius 2 is 1.75 bits per heavy atom. The second-order valence-electron chi connectivity index (χ2n) is 1.59. The molecule has 0 saturated carbocycles. The van der Waals surface area contributed by atoms with E-state index in [2.05, 4.69) is 9.47 Å². The van der Waals surface area contributed by atoms with Crippen LogP contribution >= 0.6 is 0 Å². The molecule has 0 aromatic heterocycles. The van der Waals surface area contributed by atoms with E-state index >= 15 is 0 Å². The van der Waals surface area contributed by atoms with Gasteiger partial charge in [-0.05, 0) is 0 Å². The van der Waals surface area contributed by atoms with Crippen LogP contribution in [0.3, 0.4) is 0 Å². The van der Waals surface area contributed by atoms with Crippen LogP contribution in [-0.4, -0.2) is 24.3 Å². The molecule has 1 aliphatic heterocycles. The van der Waals surface area contributed by atoms with Crippen LogP contribution < -0.4 is 0 Å². The van der Waals surface area contributed by atoms with Crippen molar-refractivity contribution in [3.8, 4) is 0 Å². The van der Waals surface area contributed by atoms with Crippen LogP contribution in [0.5, 0.6) is 0 Å². The van der Waals surface area contributed by atoms with Crippen molar-refractivity contribution in [2.75, 3.05) is 13.2 Å². The van der Waals surface area contributed by atoms with E-state index in [0.717, 1.165) is 0 Å². The molecule has 0 atom stereocenters. The summed E-state index contributed by atoms with van der Waals surface area (Å²) in [6.45, 7) is 2.46. The molecule has 0 amide bonds. The molecule has 3 nitrogen and oxygen atoms in total. The number of aliphatic hydroxyl groups is 1. The first-order valence-electron chi connectivity index (χ1n) is 2.21. The van der Waals surface area contributed by atoms with Crippen molar-refractivity contribution in [1.82, 2.24) is 0 Å². The van der Waals surface area contributed by atoms with Crippen molar-refractivity contribution in [3.05, 3.63) is 0 Å². The molecule has 0 aromatic rings. The normalized spacial score (nSPS) is 24.8. The van der Waals surface area contributed by atoms with Crippen LogP contribution in [-0.2, 0) is 31.9 Å². The first kappa shape index (κ1) is 8.62. The standard InChI is InChI=1S/C4H8O3.Ag/c1-4(5)6-2-3-7-4;/h5H,2-3H2,1H3;. The Balaban J connectivity index is 0.000000490. The van der Waals surface area contributed by atoms with Crippen LogP contribution in [0.4, 0.5) is 0 Å². The average Bonchev–Trinajstić information content (AvgIpc) is 1.84. The topological polar surface area (TPSA) is 38.7 Å². The minimum atomic E-state index is -1.31. The molecular weight excluding hydrogens is 204 g/mol. The van der Waals surface area contributed by atoms with Gasteiger partial charge < -0.3 is 14.6 Å². The Hall–Kier alpha value is 0.620. The monoisotopic (exact) mass is 211 g/mol. The van der Waals surface area contributed by atoms with Crippen LogP contribution in [0.2, 0.25) is 0 Å². The SMILES string of the molecule is CC1(O)OCCO1.[Ag].